The number of anilines is 3. The largest absolute Gasteiger partial charge is 0.416 e. The number of aromatic nitrogens is 3. The smallest absolute Gasteiger partial charge is 0.351 e. The van der Waals surface area contributed by atoms with Gasteiger partial charge in [0.25, 0.3) is 0 Å². The Morgan fingerprint density at radius 3 is 2.31 bits per heavy atom. The first-order valence-electron chi connectivity index (χ1n) is 9.49. The molecule has 29 heavy (non-hydrogen) atoms. The second-order valence-electron chi connectivity index (χ2n) is 7.00. The summed E-state index contributed by atoms with van der Waals surface area (Å²) in [5.41, 5.74) is 1.15. The van der Waals surface area contributed by atoms with E-state index < -0.39 is 11.7 Å². The average molecular weight is 399 g/mol. The zero-order valence-corrected chi connectivity index (χ0v) is 15.6. The van der Waals surface area contributed by atoms with Gasteiger partial charge in [-0.1, -0.05) is 18.9 Å². The van der Waals surface area contributed by atoms with Gasteiger partial charge in [0.2, 0.25) is 5.95 Å². The van der Waals surface area contributed by atoms with Crippen molar-refractivity contribution < 1.29 is 13.2 Å². The fraction of sp³-hybridized carbons (Fsp3) is 0.286. The SMILES string of the molecule is FC(F)(F)c1ccc(Nc2cc(-c3ccccn3)nc(NC3CCCC3)n2)cc1. The third-order valence-electron chi connectivity index (χ3n) is 4.83. The summed E-state index contributed by atoms with van der Waals surface area (Å²) in [6.07, 6.45) is 1.81. The lowest BCUT2D eigenvalue weighted by molar-refractivity contribution is -0.137. The van der Waals surface area contributed by atoms with E-state index in [4.69, 9.17) is 0 Å². The van der Waals surface area contributed by atoms with Crippen LogP contribution in [0, 0.1) is 0 Å². The minimum absolute atomic E-state index is 0.327. The molecule has 0 unspecified atom stereocenters. The van der Waals surface area contributed by atoms with Crippen LogP contribution in [-0.4, -0.2) is 21.0 Å². The molecule has 2 heterocycles. The van der Waals surface area contributed by atoms with Crippen LogP contribution in [0.25, 0.3) is 11.4 Å². The van der Waals surface area contributed by atoms with Gasteiger partial charge in [0.05, 0.1) is 17.0 Å². The van der Waals surface area contributed by atoms with Crippen LogP contribution in [0.3, 0.4) is 0 Å². The van der Waals surface area contributed by atoms with E-state index in [1.54, 1.807) is 12.3 Å². The molecule has 2 aromatic heterocycles. The van der Waals surface area contributed by atoms with Gasteiger partial charge in [-0.25, -0.2) is 4.98 Å². The van der Waals surface area contributed by atoms with E-state index in [0.717, 1.165) is 25.0 Å². The maximum atomic E-state index is 12.8. The molecule has 5 nitrogen and oxygen atoms in total. The summed E-state index contributed by atoms with van der Waals surface area (Å²) in [6, 6.07) is 12.5. The molecule has 0 amide bonds. The number of alkyl halides is 3. The molecule has 1 aromatic carbocycles. The number of benzene rings is 1. The van der Waals surface area contributed by atoms with Crippen LogP contribution in [0.1, 0.15) is 31.2 Å². The van der Waals surface area contributed by atoms with Gasteiger partial charge in [-0.2, -0.15) is 18.2 Å². The van der Waals surface area contributed by atoms with Gasteiger partial charge >= 0.3 is 6.18 Å². The van der Waals surface area contributed by atoms with Crippen molar-refractivity contribution in [1.82, 2.24) is 15.0 Å². The minimum Gasteiger partial charge on any atom is -0.351 e. The van der Waals surface area contributed by atoms with Crippen molar-refractivity contribution in [2.75, 3.05) is 10.6 Å². The molecule has 4 rings (SSSR count). The molecule has 0 bridgehead atoms. The topological polar surface area (TPSA) is 62.7 Å². The Labute approximate surface area is 166 Å². The molecule has 1 fully saturated rings. The zero-order chi connectivity index (χ0) is 20.3. The van der Waals surface area contributed by atoms with Crippen molar-refractivity contribution in [3.8, 4) is 11.4 Å². The predicted octanol–water partition coefficient (Wildman–Crippen LogP) is 5.66. The first kappa shape index (κ1) is 19.2. The minimum atomic E-state index is -4.36. The van der Waals surface area contributed by atoms with E-state index >= 15 is 0 Å². The van der Waals surface area contributed by atoms with Crippen LogP contribution in [0.4, 0.5) is 30.6 Å². The Morgan fingerprint density at radius 2 is 1.66 bits per heavy atom. The van der Waals surface area contributed by atoms with Crippen molar-refractivity contribution in [2.24, 2.45) is 0 Å². The number of nitrogens with zero attached hydrogens (tertiary/aromatic N) is 3. The van der Waals surface area contributed by atoms with Crippen molar-refractivity contribution in [3.05, 3.63) is 60.3 Å². The Morgan fingerprint density at radius 1 is 0.897 bits per heavy atom. The summed E-state index contributed by atoms with van der Waals surface area (Å²) in [5, 5.41) is 6.44. The Balaban J connectivity index is 1.62. The molecule has 0 aliphatic heterocycles. The zero-order valence-electron chi connectivity index (χ0n) is 15.6. The van der Waals surface area contributed by atoms with E-state index in [1.807, 2.05) is 18.2 Å². The molecule has 2 N–H and O–H groups in total. The highest BCUT2D eigenvalue weighted by Crippen LogP contribution is 2.31. The maximum absolute atomic E-state index is 12.8. The van der Waals surface area contributed by atoms with E-state index in [-0.39, 0.29) is 0 Å². The summed E-state index contributed by atoms with van der Waals surface area (Å²) < 4.78 is 38.3. The van der Waals surface area contributed by atoms with E-state index in [1.165, 1.54) is 25.0 Å². The van der Waals surface area contributed by atoms with Crippen LogP contribution in [0.5, 0.6) is 0 Å². The monoisotopic (exact) mass is 399 g/mol. The second kappa shape index (κ2) is 8.06. The number of hydrogen-bond acceptors (Lipinski definition) is 5. The van der Waals surface area contributed by atoms with E-state index in [2.05, 4.69) is 25.6 Å². The fourth-order valence-electron chi connectivity index (χ4n) is 3.36. The average Bonchev–Trinajstić information content (AvgIpc) is 3.21. The first-order chi connectivity index (χ1) is 14.0. The third kappa shape index (κ3) is 4.82. The summed E-state index contributed by atoms with van der Waals surface area (Å²) in [4.78, 5) is 13.4. The molecule has 1 aliphatic rings. The highest BCUT2D eigenvalue weighted by atomic mass is 19.4. The Hall–Kier alpha value is -3.16. The standard InChI is InChI=1S/C21H20F3N5/c22-21(23,24)14-8-10-16(11-9-14)26-19-13-18(17-7-3-4-12-25-17)28-20(29-19)27-15-5-1-2-6-15/h3-4,7-13,15H,1-2,5-6H2,(H2,26,27,28,29). The van der Waals surface area contributed by atoms with Gasteiger partial charge in [-0.3, -0.25) is 4.98 Å². The normalized spacial score (nSPS) is 14.7. The highest BCUT2D eigenvalue weighted by molar-refractivity contribution is 5.65. The van der Waals surface area contributed by atoms with Crippen LogP contribution in [-0.2, 0) is 6.18 Å². The highest BCUT2D eigenvalue weighted by Gasteiger charge is 2.30. The number of pyridine rings is 1. The summed E-state index contributed by atoms with van der Waals surface area (Å²) in [5.74, 6) is 0.968. The predicted molar refractivity (Wildman–Crippen MR) is 106 cm³/mol. The lowest BCUT2D eigenvalue weighted by Crippen LogP contribution is -2.17. The van der Waals surface area contributed by atoms with Crippen LogP contribution in [0.2, 0.25) is 0 Å². The molecule has 1 aliphatic carbocycles. The molecule has 0 atom stereocenters. The number of halogens is 3. The van der Waals surface area contributed by atoms with Crippen molar-refractivity contribution in [2.45, 2.75) is 37.9 Å². The van der Waals surface area contributed by atoms with Crippen molar-refractivity contribution in [3.63, 3.8) is 0 Å². The molecule has 150 valence electrons. The summed E-state index contributed by atoms with van der Waals surface area (Å²) in [6.45, 7) is 0. The molecule has 3 aromatic rings. The molecule has 0 saturated heterocycles. The van der Waals surface area contributed by atoms with Crippen molar-refractivity contribution >= 4 is 17.5 Å². The number of rotatable bonds is 5. The lowest BCUT2D eigenvalue weighted by atomic mass is 10.2. The maximum Gasteiger partial charge on any atom is 0.416 e. The third-order valence-corrected chi connectivity index (χ3v) is 4.83. The number of hydrogen-bond donors (Lipinski definition) is 2. The molecular weight excluding hydrogens is 379 g/mol. The van der Waals surface area contributed by atoms with Gasteiger partial charge in [-0.15, -0.1) is 0 Å². The van der Waals surface area contributed by atoms with Gasteiger partial charge in [0.1, 0.15) is 5.82 Å². The van der Waals surface area contributed by atoms with Crippen LogP contribution < -0.4 is 10.6 Å². The van der Waals surface area contributed by atoms with Crippen LogP contribution in [0.15, 0.2) is 54.7 Å². The first-order valence-corrected chi connectivity index (χ1v) is 9.49. The van der Waals surface area contributed by atoms with Gasteiger partial charge < -0.3 is 10.6 Å². The molecule has 0 radical (unpaired) electrons. The number of nitrogens with one attached hydrogen (secondary N) is 2. The Bertz CT molecular complexity index is 952. The fourth-order valence-corrected chi connectivity index (χ4v) is 3.36. The second-order valence-corrected chi connectivity index (χ2v) is 7.00. The molecule has 8 heteroatoms. The van der Waals surface area contributed by atoms with Gasteiger partial charge in [-0.05, 0) is 49.2 Å². The van der Waals surface area contributed by atoms with Crippen LogP contribution >= 0.6 is 0 Å². The van der Waals surface area contributed by atoms with Gasteiger partial charge in [0, 0.05) is 24.0 Å². The summed E-state index contributed by atoms with van der Waals surface area (Å²) >= 11 is 0. The summed E-state index contributed by atoms with van der Waals surface area (Å²) in [7, 11) is 0. The van der Waals surface area contributed by atoms with Crippen molar-refractivity contribution in [1.29, 1.82) is 0 Å². The van der Waals surface area contributed by atoms with E-state index in [0.29, 0.717) is 34.9 Å². The quantitative estimate of drug-likeness (QED) is 0.580. The van der Waals surface area contributed by atoms with Gasteiger partial charge in [0.15, 0.2) is 0 Å². The lowest BCUT2D eigenvalue weighted by Gasteiger charge is -2.15. The molecular formula is C21H20F3N5. The molecule has 0 spiro atoms. The molecule has 1 saturated carbocycles. The Kier molecular flexibility index (Phi) is 5.33. The van der Waals surface area contributed by atoms with E-state index in [9.17, 15) is 13.2 Å².